The number of amides is 1. The summed E-state index contributed by atoms with van der Waals surface area (Å²) in [4.78, 5) is 11.7. The van der Waals surface area contributed by atoms with Gasteiger partial charge in [-0.2, -0.15) is 0 Å². The van der Waals surface area contributed by atoms with Gasteiger partial charge in [0, 0.05) is 6.54 Å². The van der Waals surface area contributed by atoms with Gasteiger partial charge >= 0.3 is 0 Å². The van der Waals surface area contributed by atoms with Gasteiger partial charge in [-0.3, -0.25) is 4.79 Å². The molecule has 0 bridgehead atoms. The van der Waals surface area contributed by atoms with Crippen LogP contribution in [0.3, 0.4) is 0 Å². The van der Waals surface area contributed by atoms with E-state index in [9.17, 15) is 4.79 Å². The zero-order chi connectivity index (χ0) is 12.1. The third-order valence-corrected chi connectivity index (χ3v) is 2.41. The van der Waals surface area contributed by atoms with Crippen LogP contribution in [0.4, 0.5) is 0 Å². The Morgan fingerprint density at radius 2 is 2.18 bits per heavy atom. The van der Waals surface area contributed by atoms with Crippen LogP contribution in [0.15, 0.2) is 39.4 Å². The van der Waals surface area contributed by atoms with Crippen molar-refractivity contribution < 1.29 is 13.6 Å². The summed E-state index contributed by atoms with van der Waals surface area (Å²) < 4.78 is 10.6. The number of carbonyl (C=O) groups excluding carboxylic acids is 1. The van der Waals surface area contributed by atoms with Gasteiger partial charge in [0.2, 0.25) is 0 Å². The smallest absolute Gasteiger partial charge is 0.287 e. The molecular weight excluding hydrogens is 218 g/mol. The summed E-state index contributed by atoms with van der Waals surface area (Å²) in [6, 6.07) is 6.95. The molecule has 0 fully saturated rings. The van der Waals surface area contributed by atoms with Gasteiger partial charge in [0.15, 0.2) is 17.3 Å². The van der Waals surface area contributed by atoms with Crippen LogP contribution in [0, 0.1) is 0 Å². The maximum absolute atomic E-state index is 11.7. The molecule has 0 aromatic carbocycles. The van der Waals surface area contributed by atoms with Gasteiger partial charge in [-0.15, -0.1) is 0 Å². The van der Waals surface area contributed by atoms with E-state index >= 15 is 0 Å². The first-order valence-corrected chi connectivity index (χ1v) is 5.73. The number of unbranched alkanes of at least 4 members (excludes halogenated alkanes) is 1. The molecule has 2 aromatic heterocycles. The van der Waals surface area contributed by atoms with Crippen LogP contribution in [-0.2, 0) is 0 Å². The topological polar surface area (TPSA) is 55.4 Å². The molecule has 90 valence electrons. The number of nitrogens with one attached hydrogen (secondary N) is 1. The molecule has 0 unspecified atom stereocenters. The molecule has 1 amide bonds. The summed E-state index contributed by atoms with van der Waals surface area (Å²) in [7, 11) is 0. The van der Waals surface area contributed by atoms with E-state index in [1.807, 2.05) is 0 Å². The molecule has 0 spiro atoms. The lowest BCUT2D eigenvalue weighted by atomic mass is 10.3. The Kier molecular flexibility index (Phi) is 3.65. The van der Waals surface area contributed by atoms with Gasteiger partial charge in [-0.1, -0.05) is 13.3 Å². The summed E-state index contributed by atoms with van der Waals surface area (Å²) in [5.41, 5.74) is 0. The molecule has 4 nitrogen and oxygen atoms in total. The Morgan fingerprint density at radius 1 is 1.29 bits per heavy atom. The normalized spacial score (nSPS) is 10.4. The maximum Gasteiger partial charge on any atom is 0.287 e. The minimum absolute atomic E-state index is 0.184. The summed E-state index contributed by atoms with van der Waals surface area (Å²) >= 11 is 0. The van der Waals surface area contributed by atoms with Gasteiger partial charge in [0.05, 0.1) is 6.26 Å². The largest absolute Gasteiger partial charge is 0.461 e. The third kappa shape index (κ3) is 2.78. The lowest BCUT2D eigenvalue weighted by Crippen LogP contribution is -2.23. The van der Waals surface area contributed by atoms with Crippen LogP contribution in [0.1, 0.15) is 30.3 Å². The standard InChI is InChI=1S/C13H15NO3/c1-2-3-8-14-13(15)12-7-6-11(17-12)10-5-4-9-16-10/h4-7,9H,2-3,8H2,1H3,(H,14,15). The van der Waals surface area contributed by atoms with E-state index in [0.717, 1.165) is 12.8 Å². The fourth-order valence-corrected chi connectivity index (χ4v) is 1.48. The lowest BCUT2D eigenvalue weighted by Gasteiger charge is -2.00. The minimum Gasteiger partial charge on any atom is -0.461 e. The average Bonchev–Trinajstić information content (AvgIpc) is 3.00. The molecule has 0 radical (unpaired) electrons. The van der Waals surface area contributed by atoms with E-state index in [1.165, 1.54) is 0 Å². The quantitative estimate of drug-likeness (QED) is 0.807. The van der Waals surface area contributed by atoms with E-state index in [-0.39, 0.29) is 5.91 Å². The molecule has 0 atom stereocenters. The van der Waals surface area contributed by atoms with Crippen molar-refractivity contribution in [2.24, 2.45) is 0 Å². The highest BCUT2D eigenvalue weighted by atomic mass is 16.4. The first-order valence-electron chi connectivity index (χ1n) is 5.73. The van der Waals surface area contributed by atoms with Crippen LogP contribution in [0.2, 0.25) is 0 Å². The summed E-state index contributed by atoms with van der Waals surface area (Å²) in [5.74, 6) is 1.32. The van der Waals surface area contributed by atoms with Gasteiger partial charge in [-0.25, -0.2) is 0 Å². The van der Waals surface area contributed by atoms with Crippen LogP contribution < -0.4 is 5.32 Å². The van der Waals surface area contributed by atoms with Gasteiger partial charge in [0.25, 0.3) is 5.91 Å². The van der Waals surface area contributed by atoms with E-state index in [1.54, 1.807) is 30.5 Å². The fraction of sp³-hybridized carbons (Fsp3) is 0.308. The first kappa shape index (κ1) is 11.5. The van der Waals surface area contributed by atoms with Crippen molar-refractivity contribution in [1.82, 2.24) is 5.32 Å². The number of hydrogen-bond acceptors (Lipinski definition) is 3. The highest BCUT2D eigenvalue weighted by Gasteiger charge is 2.12. The number of hydrogen-bond donors (Lipinski definition) is 1. The molecule has 2 aromatic rings. The highest BCUT2D eigenvalue weighted by Crippen LogP contribution is 2.22. The molecule has 0 aliphatic carbocycles. The second-order valence-corrected chi connectivity index (χ2v) is 3.75. The van der Waals surface area contributed by atoms with E-state index < -0.39 is 0 Å². The average molecular weight is 233 g/mol. The molecule has 1 N–H and O–H groups in total. The van der Waals surface area contributed by atoms with Crippen LogP contribution in [-0.4, -0.2) is 12.5 Å². The molecule has 0 saturated heterocycles. The Morgan fingerprint density at radius 3 is 2.88 bits per heavy atom. The van der Waals surface area contributed by atoms with Gasteiger partial charge in [-0.05, 0) is 30.7 Å². The van der Waals surface area contributed by atoms with E-state index in [4.69, 9.17) is 8.83 Å². The SMILES string of the molecule is CCCCNC(=O)c1ccc(-c2ccco2)o1. The van der Waals surface area contributed by atoms with Crippen molar-refractivity contribution >= 4 is 5.91 Å². The second kappa shape index (κ2) is 5.39. The zero-order valence-corrected chi connectivity index (χ0v) is 9.73. The molecule has 0 aliphatic rings. The minimum atomic E-state index is -0.184. The molecule has 17 heavy (non-hydrogen) atoms. The summed E-state index contributed by atoms with van der Waals surface area (Å²) in [6.45, 7) is 2.75. The van der Waals surface area contributed by atoms with Crippen LogP contribution >= 0.6 is 0 Å². The zero-order valence-electron chi connectivity index (χ0n) is 9.73. The Labute approximate surface area is 99.6 Å². The van der Waals surface area contributed by atoms with Crippen LogP contribution in [0.25, 0.3) is 11.5 Å². The monoisotopic (exact) mass is 233 g/mol. The van der Waals surface area contributed by atoms with Crippen molar-refractivity contribution in [3.05, 3.63) is 36.3 Å². The first-order chi connectivity index (χ1) is 8.31. The predicted molar refractivity (Wildman–Crippen MR) is 63.7 cm³/mol. The van der Waals surface area contributed by atoms with E-state index in [2.05, 4.69) is 12.2 Å². The summed E-state index contributed by atoms with van der Waals surface area (Å²) in [6.07, 6.45) is 3.59. The predicted octanol–water partition coefficient (Wildman–Crippen LogP) is 3.07. The van der Waals surface area contributed by atoms with Gasteiger partial charge < -0.3 is 14.2 Å². The molecule has 2 heterocycles. The van der Waals surface area contributed by atoms with Crippen molar-refractivity contribution in [2.75, 3.05) is 6.54 Å². The Hall–Kier alpha value is -1.97. The Balaban J connectivity index is 2.01. The molecule has 2 rings (SSSR count). The van der Waals surface area contributed by atoms with Crippen molar-refractivity contribution in [3.8, 4) is 11.5 Å². The lowest BCUT2D eigenvalue weighted by molar-refractivity contribution is 0.0926. The highest BCUT2D eigenvalue weighted by molar-refractivity contribution is 5.91. The molecule has 0 aliphatic heterocycles. The molecular formula is C13H15NO3. The van der Waals surface area contributed by atoms with Crippen molar-refractivity contribution in [3.63, 3.8) is 0 Å². The van der Waals surface area contributed by atoms with E-state index in [0.29, 0.717) is 23.8 Å². The summed E-state index contributed by atoms with van der Waals surface area (Å²) in [5, 5.41) is 2.80. The Bertz CT molecular complexity index is 471. The van der Waals surface area contributed by atoms with Crippen molar-refractivity contribution in [1.29, 1.82) is 0 Å². The fourth-order valence-electron chi connectivity index (χ4n) is 1.48. The number of furan rings is 2. The molecule has 4 heteroatoms. The third-order valence-electron chi connectivity index (χ3n) is 2.41. The van der Waals surface area contributed by atoms with Crippen LogP contribution in [0.5, 0.6) is 0 Å². The number of rotatable bonds is 5. The molecule has 0 saturated carbocycles. The maximum atomic E-state index is 11.7. The van der Waals surface area contributed by atoms with Gasteiger partial charge in [0.1, 0.15) is 0 Å². The van der Waals surface area contributed by atoms with Crippen molar-refractivity contribution in [2.45, 2.75) is 19.8 Å². The second-order valence-electron chi connectivity index (χ2n) is 3.75. The number of carbonyl (C=O) groups is 1.